The summed E-state index contributed by atoms with van der Waals surface area (Å²) in [6.07, 6.45) is 6.00. The lowest BCUT2D eigenvalue weighted by Crippen LogP contribution is -2.25. The fourth-order valence-corrected chi connectivity index (χ4v) is 4.05. The van der Waals surface area contributed by atoms with E-state index in [1.54, 1.807) is 10.3 Å². The first-order valence-corrected chi connectivity index (χ1v) is 10.1. The number of carbonyl (C=O) groups is 2. The summed E-state index contributed by atoms with van der Waals surface area (Å²) in [5.74, 6) is 2.29. The molecule has 0 aliphatic carbocycles. The molecule has 1 aromatic heterocycles. The van der Waals surface area contributed by atoms with E-state index in [1.165, 1.54) is 11.3 Å². The molecule has 0 atom stereocenters. The third kappa shape index (κ3) is 3.78. The molecule has 0 fully saturated rings. The molecule has 4 rings (SSSR count). The van der Waals surface area contributed by atoms with Crippen molar-refractivity contribution in [2.45, 2.75) is 13.0 Å². The van der Waals surface area contributed by atoms with Crippen molar-refractivity contribution in [3.05, 3.63) is 75.2 Å². The van der Waals surface area contributed by atoms with Gasteiger partial charge in [0.2, 0.25) is 0 Å². The van der Waals surface area contributed by atoms with Crippen molar-refractivity contribution in [2.75, 3.05) is 13.6 Å². The molecule has 0 radical (unpaired) electrons. The molecule has 1 N–H and O–H groups in total. The highest BCUT2D eigenvalue weighted by Crippen LogP contribution is 2.32. The van der Waals surface area contributed by atoms with Crippen LogP contribution in [0.4, 0.5) is 0 Å². The fourth-order valence-electron chi connectivity index (χ4n) is 3.45. The minimum absolute atomic E-state index is 0.0729. The van der Waals surface area contributed by atoms with Gasteiger partial charge >= 0.3 is 0 Å². The molecule has 29 heavy (non-hydrogen) atoms. The molecule has 5 nitrogen and oxygen atoms in total. The molecule has 3 aromatic rings. The monoisotopic (exact) mass is 401 g/mol. The average Bonchev–Trinajstić information content (AvgIpc) is 3.34. The van der Waals surface area contributed by atoms with Gasteiger partial charge in [0.05, 0.1) is 0 Å². The summed E-state index contributed by atoms with van der Waals surface area (Å²) >= 11 is 1.28. The number of amides is 2. The van der Waals surface area contributed by atoms with Gasteiger partial charge in [0.15, 0.2) is 5.01 Å². The molecule has 2 aromatic carbocycles. The largest absolute Gasteiger partial charge is 0.350 e. The first kappa shape index (κ1) is 18.9. The van der Waals surface area contributed by atoms with Crippen LogP contribution in [0.1, 0.15) is 37.0 Å². The number of rotatable bonds is 5. The fraction of sp³-hybridized carbons (Fsp3) is 0.174. The van der Waals surface area contributed by atoms with E-state index in [1.807, 2.05) is 19.2 Å². The summed E-state index contributed by atoms with van der Waals surface area (Å²) in [6.45, 7) is 1.15. The van der Waals surface area contributed by atoms with Gasteiger partial charge in [0.1, 0.15) is 5.69 Å². The van der Waals surface area contributed by atoms with Crippen molar-refractivity contribution in [2.24, 2.45) is 0 Å². The molecule has 144 valence electrons. The standard InChI is InChI=1S/C23H19N3O2S/c1-3-21-25-20(14-29-21)22(27)24-12-11-15-7-9-16(10-8-15)17-5-4-6-18-19(17)13-26(2)23(18)28/h1,4-10,14H,11-13H2,2H3,(H,24,27). The lowest BCUT2D eigenvalue weighted by atomic mass is 9.96. The molecule has 6 heteroatoms. The number of benzene rings is 2. The lowest BCUT2D eigenvalue weighted by molar-refractivity contribution is 0.0816. The van der Waals surface area contributed by atoms with Crippen LogP contribution in [0.2, 0.25) is 0 Å². The van der Waals surface area contributed by atoms with Crippen LogP contribution in [0, 0.1) is 12.3 Å². The summed E-state index contributed by atoms with van der Waals surface area (Å²) in [7, 11) is 1.82. The van der Waals surface area contributed by atoms with Crippen molar-refractivity contribution < 1.29 is 9.59 Å². The van der Waals surface area contributed by atoms with Crippen LogP contribution in [-0.2, 0) is 13.0 Å². The SMILES string of the molecule is C#Cc1nc(C(=O)NCCc2ccc(-c3cccc4c3CN(C)C4=O)cc2)cs1. The van der Waals surface area contributed by atoms with E-state index >= 15 is 0 Å². The Kier molecular flexibility index (Phi) is 5.15. The van der Waals surface area contributed by atoms with Gasteiger partial charge in [-0.25, -0.2) is 4.98 Å². The number of hydrogen-bond donors (Lipinski definition) is 1. The van der Waals surface area contributed by atoms with Crippen LogP contribution in [0.25, 0.3) is 11.1 Å². The van der Waals surface area contributed by atoms with E-state index in [0.29, 0.717) is 30.2 Å². The number of carbonyl (C=O) groups excluding carboxylic acids is 2. The van der Waals surface area contributed by atoms with Gasteiger partial charge in [0, 0.05) is 31.1 Å². The number of fused-ring (bicyclic) bond motifs is 1. The third-order valence-corrected chi connectivity index (χ3v) is 5.75. The summed E-state index contributed by atoms with van der Waals surface area (Å²) in [5.41, 5.74) is 5.52. The Morgan fingerprint density at radius 2 is 2.00 bits per heavy atom. The minimum Gasteiger partial charge on any atom is -0.350 e. The Morgan fingerprint density at radius 3 is 2.72 bits per heavy atom. The average molecular weight is 401 g/mol. The highest BCUT2D eigenvalue weighted by molar-refractivity contribution is 7.10. The van der Waals surface area contributed by atoms with Crippen LogP contribution < -0.4 is 5.32 Å². The van der Waals surface area contributed by atoms with Crippen LogP contribution in [0.5, 0.6) is 0 Å². The molecule has 0 saturated carbocycles. The zero-order valence-electron chi connectivity index (χ0n) is 15.9. The number of thiazole rings is 1. The lowest BCUT2D eigenvalue weighted by Gasteiger charge is -2.09. The maximum absolute atomic E-state index is 12.2. The Labute approximate surface area is 173 Å². The first-order valence-electron chi connectivity index (χ1n) is 9.24. The van der Waals surface area contributed by atoms with E-state index in [9.17, 15) is 9.59 Å². The van der Waals surface area contributed by atoms with Gasteiger partial charge < -0.3 is 10.2 Å². The van der Waals surface area contributed by atoms with E-state index in [-0.39, 0.29) is 11.8 Å². The Balaban J connectivity index is 1.40. The summed E-state index contributed by atoms with van der Waals surface area (Å²) in [5, 5.41) is 5.04. The van der Waals surface area contributed by atoms with Crippen molar-refractivity contribution in [1.29, 1.82) is 0 Å². The third-order valence-electron chi connectivity index (χ3n) is 4.97. The van der Waals surface area contributed by atoms with Gasteiger partial charge in [-0.1, -0.05) is 36.4 Å². The summed E-state index contributed by atoms with van der Waals surface area (Å²) < 4.78 is 0. The van der Waals surface area contributed by atoms with Crippen LogP contribution in [0.3, 0.4) is 0 Å². The van der Waals surface area contributed by atoms with Crippen molar-refractivity contribution in [1.82, 2.24) is 15.2 Å². The van der Waals surface area contributed by atoms with Crippen molar-refractivity contribution >= 4 is 23.2 Å². The van der Waals surface area contributed by atoms with E-state index in [4.69, 9.17) is 6.42 Å². The van der Waals surface area contributed by atoms with Gasteiger partial charge in [-0.15, -0.1) is 17.8 Å². The van der Waals surface area contributed by atoms with Gasteiger partial charge in [-0.3, -0.25) is 9.59 Å². The number of nitrogens with zero attached hydrogens (tertiary/aromatic N) is 2. The Hall–Kier alpha value is -3.43. The molecular weight excluding hydrogens is 382 g/mol. The quantitative estimate of drug-likeness (QED) is 0.667. The maximum atomic E-state index is 12.2. The predicted molar refractivity (Wildman–Crippen MR) is 114 cm³/mol. The van der Waals surface area contributed by atoms with Crippen LogP contribution >= 0.6 is 11.3 Å². The zero-order chi connectivity index (χ0) is 20.4. The van der Waals surface area contributed by atoms with Gasteiger partial charge in [-0.2, -0.15) is 0 Å². The minimum atomic E-state index is -0.215. The second-order valence-corrected chi connectivity index (χ2v) is 7.74. The van der Waals surface area contributed by atoms with E-state index in [2.05, 4.69) is 46.6 Å². The molecule has 0 bridgehead atoms. The smallest absolute Gasteiger partial charge is 0.270 e. The van der Waals surface area contributed by atoms with Crippen LogP contribution in [-0.4, -0.2) is 35.3 Å². The second-order valence-electron chi connectivity index (χ2n) is 6.88. The molecule has 0 spiro atoms. The first-order chi connectivity index (χ1) is 14.1. The molecule has 2 amide bonds. The molecule has 2 heterocycles. The predicted octanol–water partition coefficient (Wildman–Crippen LogP) is 3.35. The Bertz CT molecular complexity index is 1130. The number of hydrogen-bond acceptors (Lipinski definition) is 4. The molecule has 1 aliphatic heterocycles. The van der Waals surface area contributed by atoms with Crippen LogP contribution in [0.15, 0.2) is 47.8 Å². The number of aromatic nitrogens is 1. The normalized spacial score (nSPS) is 12.6. The van der Waals surface area contributed by atoms with E-state index in [0.717, 1.165) is 27.8 Å². The summed E-state index contributed by atoms with van der Waals surface area (Å²) in [6, 6.07) is 14.1. The van der Waals surface area contributed by atoms with Gasteiger partial charge in [-0.05, 0) is 40.7 Å². The topological polar surface area (TPSA) is 62.3 Å². The van der Waals surface area contributed by atoms with E-state index < -0.39 is 0 Å². The number of nitrogens with one attached hydrogen (secondary N) is 1. The van der Waals surface area contributed by atoms with Crippen molar-refractivity contribution in [3.8, 4) is 23.5 Å². The highest BCUT2D eigenvalue weighted by Gasteiger charge is 2.26. The Morgan fingerprint density at radius 1 is 1.24 bits per heavy atom. The second kappa shape index (κ2) is 7.90. The van der Waals surface area contributed by atoms with Gasteiger partial charge in [0.25, 0.3) is 11.8 Å². The van der Waals surface area contributed by atoms with Crippen molar-refractivity contribution in [3.63, 3.8) is 0 Å². The molecular formula is C23H19N3O2S. The zero-order valence-corrected chi connectivity index (χ0v) is 16.8. The molecule has 1 aliphatic rings. The number of terminal acetylenes is 1. The summed E-state index contributed by atoms with van der Waals surface area (Å²) in [4.78, 5) is 30.1. The molecule has 0 unspecified atom stereocenters. The maximum Gasteiger partial charge on any atom is 0.270 e. The highest BCUT2D eigenvalue weighted by atomic mass is 32.1. The molecule has 0 saturated heterocycles.